The predicted molar refractivity (Wildman–Crippen MR) is 89.4 cm³/mol. The van der Waals surface area contributed by atoms with Crippen LogP contribution in [0.15, 0.2) is 24.3 Å². The quantitative estimate of drug-likeness (QED) is 0.769. The third-order valence-electron chi connectivity index (χ3n) is 4.81. The van der Waals surface area contributed by atoms with Crippen molar-refractivity contribution in [1.82, 2.24) is 0 Å². The first-order valence-electron chi connectivity index (χ1n) is 8.76. The lowest BCUT2D eigenvalue weighted by atomic mass is 9.80. The summed E-state index contributed by atoms with van der Waals surface area (Å²) in [5, 5.41) is 0. The van der Waals surface area contributed by atoms with Gasteiger partial charge in [-0.25, -0.2) is 4.39 Å². The van der Waals surface area contributed by atoms with Gasteiger partial charge in [0, 0.05) is 5.56 Å². The van der Waals surface area contributed by atoms with Gasteiger partial charge in [0.1, 0.15) is 5.82 Å². The summed E-state index contributed by atoms with van der Waals surface area (Å²) in [4.78, 5) is 24.0. The van der Waals surface area contributed by atoms with E-state index in [4.69, 9.17) is 10.5 Å². The number of carbonyl (C=O) groups is 2. The average Bonchev–Trinajstić information content (AvgIpc) is 2.59. The molecule has 0 aromatic heterocycles. The number of rotatable bonds is 7. The SMILES string of the molecule is CCCCC1CCC(C(=O)OC(C(N)=O)c2ccc(F)cc2)CC1. The number of hydrogen-bond acceptors (Lipinski definition) is 3. The van der Waals surface area contributed by atoms with Crippen molar-refractivity contribution in [3.05, 3.63) is 35.6 Å². The van der Waals surface area contributed by atoms with Gasteiger partial charge in [0.25, 0.3) is 5.91 Å². The van der Waals surface area contributed by atoms with Crippen molar-refractivity contribution in [2.24, 2.45) is 17.6 Å². The molecule has 0 heterocycles. The van der Waals surface area contributed by atoms with Crippen molar-refractivity contribution in [2.45, 2.75) is 58.0 Å². The zero-order valence-corrected chi connectivity index (χ0v) is 14.2. The minimum absolute atomic E-state index is 0.176. The maximum atomic E-state index is 13.0. The van der Waals surface area contributed by atoms with Gasteiger partial charge in [-0.3, -0.25) is 9.59 Å². The Hall–Kier alpha value is -1.91. The fourth-order valence-corrected chi connectivity index (χ4v) is 3.32. The third-order valence-corrected chi connectivity index (χ3v) is 4.81. The van der Waals surface area contributed by atoms with Gasteiger partial charge in [0.2, 0.25) is 6.10 Å². The maximum absolute atomic E-state index is 13.0. The number of nitrogens with two attached hydrogens (primary N) is 1. The first-order valence-corrected chi connectivity index (χ1v) is 8.76. The molecule has 1 atom stereocenters. The summed E-state index contributed by atoms with van der Waals surface area (Å²) in [7, 11) is 0. The fraction of sp³-hybridized carbons (Fsp3) is 0.579. The van der Waals surface area contributed by atoms with E-state index in [-0.39, 0.29) is 11.9 Å². The molecule has 0 bridgehead atoms. The van der Waals surface area contributed by atoms with Gasteiger partial charge in [-0.15, -0.1) is 0 Å². The zero-order valence-electron chi connectivity index (χ0n) is 14.2. The number of hydrogen-bond donors (Lipinski definition) is 1. The molecule has 1 aliphatic carbocycles. The standard InChI is InChI=1S/C19H26FNO3/c1-2-3-4-13-5-7-15(8-6-13)19(23)24-17(18(21)22)14-9-11-16(20)12-10-14/h9-13,15,17H,2-8H2,1H3,(H2,21,22). The van der Waals surface area contributed by atoms with Crippen molar-refractivity contribution < 1.29 is 18.7 Å². The molecule has 132 valence electrons. The molecule has 1 aromatic carbocycles. The summed E-state index contributed by atoms with van der Waals surface area (Å²) in [5.74, 6) is -1.02. The highest BCUT2D eigenvalue weighted by atomic mass is 19.1. The Bertz CT molecular complexity index is 550. The van der Waals surface area contributed by atoms with Crippen LogP contribution >= 0.6 is 0 Å². The zero-order chi connectivity index (χ0) is 17.5. The second kappa shape index (κ2) is 8.81. The van der Waals surface area contributed by atoms with E-state index < -0.39 is 17.8 Å². The third kappa shape index (κ3) is 5.05. The smallest absolute Gasteiger partial charge is 0.310 e. The molecule has 2 N–H and O–H groups in total. The molecule has 1 saturated carbocycles. The van der Waals surface area contributed by atoms with Gasteiger partial charge >= 0.3 is 5.97 Å². The van der Waals surface area contributed by atoms with Gasteiger partial charge in [-0.2, -0.15) is 0 Å². The summed E-state index contributed by atoms with van der Waals surface area (Å²) >= 11 is 0. The Balaban J connectivity index is 1.92. The molecule has 1 unspecified atom stereocenters. The maximum Gasteiger partial charge on any atom is 0.310 e. The summed E-state index contributed by atoms with van der Waals surface area (Å²) in [5.41, 5.74) is 5.75. The number of amides is 1. The lowest BCUT2D eigenvalue weighted by Crippen LogP contribution is -2.30. The van der Waals surface area contributed by atoms with Crippen LogP contribution in [0.25, 0.3) is 0 Å². The van der Waals surface area contributed by atoms with E-state index in [1.54, 1.807) is 0 Å². The largest absolute Gasteiger partial charge is 0.447 e. The van der Waals surface area contributed by atoms with Crippen LogP contribution in [-0.2, 0) is 14.3 Å². The molecule has 5 heteroatoms. The van der Waals surface area contributed by atoms with Gasteiger partial charge in [-0.05, 0) is 43.7 Å². The van der Waals surface area contributed by atoms with Crippen LogP contribution in [0, 0.1) is 17.7 Å². The van der Waals surface area contributed by atoms with E-state index in [1.165, 1.54) is 43.5 Å². The highest BCUT2D eigenvalue weighted by molar-refractivity contribution is 5.84. The topological polar surface area (TPSA) is 69.4 Å². The molecule has 1 amide bonds. The molecule has 0 saturated heterocycles. The number of primary amides is 1. The van der Waals surface area contributed by atoms with Crippen LogP contribution in [0.5, 0.6) is 0 Å². The average molecular weight is 335 g/mol. The highest BCUT2D eigenvalue weighted by Gasteiger charge is 2.31. The van der Waals surface area contributed by atoms with E-state index in [0.29, 0.717) is 11.5 Å². The number of benzene rings is 1. The van der Waals surface area contributed by atoms with Gasteiger partial charge in [0.15, 0.2) is 0 Å². The van der Waals surface area contributed by atoms with Gasteiger partial charge in [-0.1, -0.05) is 38.3 Å². The molecule has 4 nitrogen and oxygen atoms in total. The minimum atomic E-state index is -1.16. The van der Waals surface area contributed by atoms with Crippen molar-refractivity contribution in [3.8, 4) is 0 Å². The molecule has 0 aliphatic heterocycles. The predicted octanol–water partition coefficient (Wildman–Crippen LogP) is 3.89. The van der Waals surface area contributed by atoms with Crippen molar-refractivity contribution in [2.75, 3.05) is 0 Å². The van der Waals surface area contributed by atoms with Gasteiger partial charge < -0.3 is 10.5 Å². The molecule has 0 radical (unpaired) electrons. The Kier molecular flexibility index (Phi) is 6.76. The van der Waals surface area contributed by atoms with Crippen molar-refractivity contribution in [1.29, 1.82) is 0 Å². The molecular formula is C19H26FNO3. The van der Waals surface area contributed by atoms with Crippen LogP contribution < -0.4 is 5.73 Å². The Labute approximate surface area is 142 Å². The molecular weight excluding hydrogens is 309 g/mol. The first-order chi connectivity index (χ1) is 11.5. The molecule has 1 aliphatic rings. The molecule has 0 spiro atoms. The molecule has 1 aromatic rings. The van der Waals surface area contributed by atoms with Crippen LogP contribution in [0.3, 0.4) is 0 Å². The fourth-order valence-electron chi connectivity index (χ4n) is 3.32. The molecule has 2 rings (SSSR count). The number of ether oxygens (including phenoxy) is 1. The summed E-state index contributed by atoms with van der Waals surface area (Å²) < 4.78 is 18.4. The number of esters is 1. The highest BCUT2D eigenvalue weighted by Crippen LogP contribution is 2.33. The Morgan fingerprint density at radius 3 is 2.38 bits per heavy atom. The lowest BCUT2D eigenvalue weighted by molar-refractivity contribution is -0.160. The second-order valence-electron chi connectivity index (χ2n) is 6.63. The minimum Gasteiger partial charge on any atom is -0.447 e. The Morgan fingerprint density at radius 1 is 1.21 bits per heavy atom. The van der Waals surface area contributed by atoms with E-state index in [0.717, 1.165) is 25.7 Å². The first kappa shape index (κ1) is 18.4. The van der Waals surface area contributed by atoms with Crippen molar-refractivity contribution in [3.63, 3.8) is 0 Å². The number of carbonyl (C=O) groups excluding carboxylic acids is 2. The van der Waals surface area contributed by atoms with Crippen LogP contribution in [0.2, 0.25) is 0 Å². The summed E-state index contributed by atoms with van der Waals surface area (Å²) in [6.45, 7) is 2.18. The van der Waals surface area contributed by atoms with Crippen LogP contribution in [0.4, 0.5) is 4.39 Å². The summed E-state index contributed by atoms with van der Waals surface area (Å²) in [6.07, 6.45) is 6.13. The number of halogens is 1. The van der Waals surface area contributed by atoms with Crippen LogP contribution in [-0.4, -0.2) is 11.9 Å². The summed E-state index contributed by atoms with van der Waals surface area (Å²) in [6, 6.07) is 5.27. The van der Waals surface area contributed by atoms with Crippen molar-refractivity contribution >= 4 is 11.9 Å². The van der Waals surface area contributed by atoms with E-state index in [2.05, 4.69) is 6.92 Å². The van der Waals surface area contributed by atoms with E-state index >= 15 is 0 Å². The second-order valence-corrected chi connectivity index (χ2v) is 6.63. The van der Waals surface area contributed by atoms with E-state index in [9.17, 15) is 14.0 Å². The lowest BCUT2D eigenvalue weighted by Gasteiger charge is -2.28. The van der Waals surface area contributed by atoms with E-state index in [1.807, 2.05) is 0 Å². The molecule has 1 fully saturated rings. The number of unbranched alkanes of at least 4 members (excludes halogenated alkanes) is 1. The monoisotopic (exact) mass is 335 g/mol. The van der Waals surface area contributed by atoms with Crippen LogP contribution in [0.1, 0.15) is 63.5 Å². The van der Waals surface area contributed by atoms with Gasteiger partial charge in [0.05, 0.1) is 5.92 Å². The Morgan fingerprint density at radius 2 is 1.83 bits per heavy atom. The molecule has 24 heavy (non-hydrogen) atoms. The normalized spacial score (nSPS) is 21.9.